The van der Waals surface area contributed by atoms with E-state index in [1.807, 2.05) is 6.07 Å². The van der Waals surface area contributed by atoms with E-state index in [1.54, 1.807) is 24.0 Å². The van der Waals surface area contributed by atoms with Gasteiger partial charge in [0.15, 0.2) is 0 Å². The third-order valence-electron chi connectivity index (χ3n) is 4.32. The predicted molar refractivity (Wildman–Crippen MR) is 98.4 cm³/mol. The van der Waals surface area contributed by atoms with E-state index in [2.05, 4.69) is 10.3 Å². The second kappa shape index (κ2) is 8.49. The molecule has 1 aromatic carbocycles. The SMILES string of the molecule is O=C(O)CCCNc1c(F)cc(-c2cccnc2SC2CCC2)cc1F. The molecule has 0 amide bonds. The van der Waals surface area contributed by atoms with Crippen LogP contribution >= 0.6 is 11.8 Å². The zero-order valence-corrected chi connectivity index (χ0v) is 15.0. The number of carboxylic acids is 1. The Balaban J connectivity index is 1.78. The molecule has 1 aromatic heterocycles. The average molecular weight is 378 g/mol. The fraction of sp³-hybridized carbons (Fsp3) is 0.368. The Morgan fingerprint density at radius 1 is 1.31 bits per heavy atom. The first-order valence-corrected chi connectivity index (χ1v) is 9.49. The van der Waals surface area contributed by atoms with Crippen LogP contribution in [-0.4, -0.2) is 27.9 Å². The standard InChI is InChI=1S/C19H20F2N2O2S/c20-15-10-12(11-16(21)18(15)22-8-3-7-17(24)25)14-6-2-9-23-19(14)26-13-4-1-5-13/h2,6,9-11,13,22H,1,3-5,7-8H2,(H,24,25). The van der Waals surface area contributed by atoms with Crippen LogP contribution in [0.25, 0.3) is 11.1 Å². The highest BCUT2D eigenvalue weighted by Gasteiger charge is 2.21. The number of carboxylic acid groups (broad SMARTS) is 1. The summed E-state index contributed by atoms with van der Waals surface area (Å²) in [5.74, 6) is -2.33. The normalized spacial score (nSPS) is 14.1. The van der Waals surface area contributed by atoms with Crippen molar-refractivity contribution in [3.8, 4) is 11.1 Å². The predicted octanol–water partition coefficient (Wildman–Crippen LogP) is 4.95. The number of hydrogen-bond acceptors (Lipinski definition) is 4. The molecule has 2 N–H and O–H groups in total. The number of nitrogens with zero attached hydrogens (tertiary/aromatic N) is 1. The van der Waals surface area contributed by atoms with Crippen LogP contribution in [0.4, 0.5) is 14.5 Å². The van der Waals surface area contributed by atoms with E-state index < -0.39 is 17.6 Å². The van der Waals surface area contributed by atoms with Crippen LogP contribution in [0.5, 0.6) is 0 Å². The van der Waals surface area contributed by atoms with E-state index >= 15 is 0 Å². The zero-order chi connectivity index (χ0) is 18.5. The Labute approximate surface area is 155 Å². The van der Waals surface area contributed by atoms with Crippen molar-refractivity contribution < 1.29 is 18.7 Å². The number of halogens is 2. The van der Waals surface area contributed by atoms with Crippen LogP contribution in [0.2, 0.25) is 0 Å². The molecule has 26 heavy (non-hydrogen) atoms. The van der Waals surface area contributed by atoms with Gasteiger partial charge in [0.25, 0.3) is 0 Å². The molecule has 4 nitrogen and oxygen atoms in total. The maximum absolute atomic E-state index is 14.4. The highest BCUT2D eigenvalue weighted by molar-refractivity contribution is 8.00. The molecule has 138 valence electrons. The highest BCUT2D eigenvalue weighted by atomic mass is 32.2. The van der Waals surface area contributed by atoms with Gasteiger partial charge < -0.3 is 10.4 Å². The van der Waals surface area contributed by atoms with E-state index in [0.29, 0.717) is 17.2 Å². The molecule has 0 saturated heterocycles. The first-order valence-electron chi connectivity index (χ1n) is 8.61. The second-order valence-electron chi connectivity index (χ2n) is 6.27. The Hall–Kier alpha value is -2.15. The van der Waals surface area contributed by atoms with Crippen molar-refractivity contribution in [1.29, 1.82) is 0 Å². The third kappa shape index (κ3) is 4.52. The van der Waals surface area contributed by atoms with Crippen molar-refractivity contribution in [3.63, 3.8) is 0 Å². The number of rotatable bonds is 8. The number of thioether (sulfide) groups is 1. The third-order valence-corrected chi connectivity index (χ3v) is 5.68. The van der Waals surface area contributed by atoms with Gasteiger partial charge in [0.05, 0.1) is 0 Å². The molecule has 1 heterocycles. The van der Waals surface area contributed by atoms with E-state index in [-0.39, 0.29) is 18.7 Å². The molecular weight excluding hydrogens is 358 g/mol. The maximum Gasteiger partial charge on any atom is 0.303 e. The minimum atomic E-state index is -0.934. The summed E-state index contributed by atoms with van der Waals surface area (Å²) in [7, 11) is 0. The summed E-state index contributed by atoms with van der Waals surface area (Å²) in [6.45, 7) is 0.190. The molecular formula is C19H20F2N2O2S. The van der Waals surface area contributed by atoms with Gasteiger partial charge >= 0.3 is 5.97 Å². The van der Waals surface area contributed by atoms with E-state index in [4.69, 9.17) is 5.11 Å². The van der Waals surface area contributed by atoms with Crippen molar-refractivity contribution in [2.24, 2.45) is 0 Å². The van der Waals surface area contributed by atoms with Crippen LogP contribution in [0, 0.1) is 11.6 Å². The van der Waals surface area contributed by atoms with Gasteiger partial charge in [-0.15, -0.1) is 11.8 Å². The molecule has 0 aliphatic heterocycles. The fourth-order valence-electron chi connectivity index (χ4n) is 2.70. The number of aliphatic carboxylic acids is 1. The van der Waals surface area contributed by atoms with Crippen molar-refractivity contribution >= 4 is 23.4 Å². The second-order valence-corrected chi connectivity index (χ2v) is 7.55. The molecule has 1 fully saturated rings. The van der Waals surface area contributed by atoms with Gasteiger partial charge in [0.1, 0.15) is 22.3 Å². The van der Waals surface area contributed by atoms with E-state index in [9.17, 15) is 13.6 Å². The molecule has 1 saturated carbocycles. The monoisotopic (exact) mass is 378 g/mol. The van der Waals surface area contributed by atoms with Crippen LogP contribution in [0.15, 0.2) is 35.5 Å². The van der Waals surface area contributed by atoms with Gasteiger partial charge in [-0.2, -0.15) is 0 Å². The topological polar surface area (TPSA) is 62.2 Å². The van der Waals surface area contributed by atoms with Gasteiger partial charge in [-0.1, -0.05) is 12.5 Å². The first kappa shape index (κ1) is 18.6. The van der Waals surface area contributed by atoms with E-state index in [1.165, 1.54) is 18.6 Å². The van der Waals surface area contributed by atoms with Crippen molar-refractivity contribution in [2.45, 2.75) is 42.4 Å². The maximum atomic E-state index is 14.4. The molecule has 3 rings (SSSR count). The minimum absolute atomic E-state index is 0.0498. The van der Waals surface area contributed by atoms with Gasteiger partial charge in [-0.25, -0.2) is 13.8 Å². The van der Waals surface area contributed by atoms with Crippen LogP contribution < -0.4 is 5.32 Å². The molecule has 7 heteroatoms. The van der Waals surface area contributed by atoms with Gasteiger partial charge in [-0.05, 0) is 43.0 Å². The first-order chi connectivity index (χ1) is 12.5. The highest BCUT2D eigenvalue weighted by Crippen LogP contribution is 2.40. The number of hydrogen-bond donors (Lipinski definition) is 2. The lowest BCUT2D eigenvalue weighted by Gasteiger charge is -2.25. The Morgan fingerprint density at radius 3 is 2.65 bits per heavy atom. The molecule has 2 aromatic rings. The van der Waals surface area contributed by atoms with Crippen LogP contribution in [-0.2, 0) is 4.79 Å². The van der Waals surface area contributed by atoms with Crippen molar-refractivity contribution in [3.05, 3.63) is 42.1 Å². The number of aromatic nitrogens is 1. The lowest BCUT2D eigenvalue weighted by Crippen LogP contribution is -2.13. The van der Waals surface area contributed by atoms with Crippen molar-refractivity contribution in [2.75, 3.05) is 11.9 Å². The van der Waals surface area contributed by atoms with Crippen molar-refractivity contribution in [1.82, 2.24) is 4.98 Å². The molecule has 0 radical (unpaired) electrons. The summed E-state index contributed by atoms with van der Waals surface area (Å²) >= 11 is 1.66. The molecule has 0 bridgehead atoms. The summed E-state index contributed by atoms with van der Waals surface area (Å²) in [5, 5.41) is 12.6. The minimum Gasteiger partial charge on any atom is -0.481 e. The van der Waals surface area contributed by atoms with Gasteiger partial charge in [-0.3, -0.25) is 4.79 Å². The smallest absolute Gasteiger partial charge is 0.303 e. The summed E-state index contributed by atoms with van der Waals surface area (Å²) in [6, 6.07) is 6.17. The summed E-state index contributed by atoms with van der Waals surface area (Å²) in [4.78, 5) is 14.9. The summed E-state index contributed by atoms with van der Waals surface area (Å²) < 4.78 is 28.8. The number of nitrogens with one attached hydrogen (secondary N) is 1. The number of carbonyl (C=O) groups is 1. The summed E-state index contributed by atoms with van der Waals surface area (Å²) in [6.07, 6.45) is 5.43. The zero-order valence-electron chi connectivity index (χ0n) is 14.2. The quantitative estimate of drug-likeness (QED) is 0.637. The Morgan fingerprint density at radius 2 is 2.04 bits per heavy atom. The Kier molecular flexibility index (Phi) is 6.08. The molecule has 1 aliphatic rings. The fourth-order valence-corrected chi connectivity index (χ4v) is 4.02. The molecule has 0 unspecified atom stereocenters. The number of anilines is 1. The lowest BCUT2D eigenvalue weighted by molar-refractivity contribution is -0.137. The van der Waals surface area contributed by atoms with Crippen LogP contribution in [0.3, 0.4) is 0 Å². The largest absolute Gasteiger partial charge is 0.481 e. The molecule has 1 aliphatic carbocycles. The lowest BCUT2D eigenvalue weighted by atomic mass is 10.00. The van der Waals surface area contributed by atoms with Gasteiger partial charge in [0, 0.05) is 30.0 Å². The summed E-state index contributed by atoms with van der Waals surface area (Å²) in [5.41, 5.74) is 0.946. The molecule has 0 atom stereocenters. The number of pyridine rings is 1. The van der Waals surface area contributed by atoms with E-state index in [0.717, 1.165) is 23.4 Å². The van der Waals surface area contributed by atoms with Gasteiger partial charge in [0.2, 0.25) is 0 Å². The average Bonchev–Trinajstić information content (AvgIpc) is 2.56. The Bertz CT molecular complexity index is 774. The molecule has 0 spiro atoms. The van der Waals surface area contributed by atoms with Crippen LogP contribution in [0.1, 0.15) is 32.1 Å². The number of benzene rings is 1.